The molecular weight excluding hydrogens is 684 g/mol. The number of nitrogens with zero attached hydrogens (tertiary/aromatic N) is 2. The standard InChI is InChI=1S/C21H26N2O7.C14H16N2O6/c1-21(2,3)30-20(26)23-12-16(29-14-9-7-13(22-4)8-10-14)15(11-17(24)27-5)18(23)19(25)28-6;15-13(19)7-1-3-8(4-2-7)22-10-6-16-12(14(20)21)9(10)5-11(17)18/h7-10,15-16,18H,11-12H2,1-3,5-6H3;1-4,9-10,12,16H,5-6H2,(H2,15,19)(H,17,18)(H,20,21)/t15-,16?,18-;9-,10?,12-/m00/s1. The first kappa shape index (κ1) is 40.5. The zero-order chi connectivity index (χ0) is 38.7. The minimum atomic E-state index is -1.11. The Kier molecular flexibility index (Phi) is 13.9. The normalized spacial score (nSPS) is 22.1. The Morgan fingerprint density at radius 2 is 1.46 bits per heavy atom. The maximum atomic E-state index is 12.8. The van der Waals surface area contributed by atoms with Gasteiger partial charge in [-0.3, -0.25) is 24.1 Å². The zero-order valence-corrected chi connectivity index (χ0v) is 29.3. The molecule has 2 unspecified atom stereocenters. The van der Waals surface area contributed by atoms with Gasteiger partial charge in [0.15, 0.2) is 5.69 Å². The maximum Gasteiger partial charge on any atom is 0.411 e. The van der Waals surface area contributed by atoms with Crippen molar-refractivity contribution < 1.29 is 62.7 Å². The predicted octanol–water partition coefficient (Wildman–Crippen LogP) is 2.64. The van der Waals surface area contributed by atoms with Gasteiger partial charge < -0.3 is 44.9 Å². The Balaban J connectivity index is 0.000000294. The summed E-state index contributed by atoms with van der Waals surface area (Å²) < 4.78 is 26.7. The van der Waals surface area contributed by atoms with Crippen LogP contribution in [-0.4, -0.2) is 108 Å². The Labute approximate surface area is 299 Å². The van der Waals surface area contributed by atoms with E-state index in [0.717, 1.165) is 0 Å². The number of likely N-dealkylation sites (tertiary alicyclic amines) is 1. The summed E-state index contributed by atoms with van der Waals surface area (Å²) in [6.45, 7) is 12.4. The summed E-state index contributed by atoms with van der Waals surface area (Å²) in [5, 5.41) is 20.8. The van der Waals surface area contributed by atoms with Crippen LogP contribution in [0.1, 0.15) is 44.0 Å². The second kappa shape index (κ2) is 17.9. The van der Waals surface area contributed by atoms with Crippen molar-refractivity contribution >= 4 is 41.6 Å². The van der Waals surface area contributed by atoms with Gasteiger partial charge in [-0.25, -0.2) is 14.4 Å². The molecule has 2 aliphatic heterocycles. The summed E-state index contributed by atoms with van der Waals surface area (Å²) in [5.74, 6) is -4.53. The first-order chi connectivity index (χ1) is 24.5. The lowest BCUT2D eigenvalue weighted by Gasteiger charge is -2.28. The number of primary amides is 1. The predicted molar refractivity (Wildman–Crippen MR) is 181 cm³/mol. The van der Waals surface area contributed by atoms with Crippen molar-refractivity contribution in [3.05, 3.63) is 65.5 Å². The molecular formula is C35H42N4O13. The molecule has 0 radical (unpaired) electrons. The summed E-state index contributed by atoms with van der Waals surface area (Å²) in [7, 11) is 2.46. The highest BCUT2D eigenvalue weighted by atomic mass is 16.6. The summed E-state index contributed by atoms with van der Waals surface area (Å²) in [5.41, 5.74) is 5.13. The van der Waals surface area contributed by atoms with E-state index in [1.807, 2.05) is 0 Å². The third kappa shape index (κ3) is 11.1. The van der Waals surface area contributed by atoms with E-state index >= 15 is 0 Å². The molecule has 4 rings (SSSR count). The molecule has 2 aromatic rings. The lowest BCUT2D eigenvalue weighted by Crippen LogP contribution is -2.46. The third-order valence-corrected chi connectivity index (χ3v) is 8.10. The van der Waals surface area contributed by atoms with Gasteiger partial charge in [-0.05, 0) is 57.2 Å². The van der Waals surface area contributed by atoms with Gasteiger partial charge in [0, 0.05) is 23.9 Å². The highest BCUT2D eigenvalue weighted by Crippen LogP contribution is 2.34. The van der Waals surface area contributed by atoms with Crippen LogP contribution in [0.3, 0.4) is 0 Å². The molecule has 17 nitrogen and oxygen atoms in total. The fourth-order valence-corrected chi connectivity index (χ4v) is 5.71. The molecule has 6 atom stereocenters. The Morgan fingerprint density at radius 1 is 0.885 bits per heavy atom. The van der Waals surface area contributed by atoms with Crippen molar-refractivity contribution in [1.29, 1.82) is 0 Å². The van der Waals surface area contributed by atoms with Crippen LogP contribution in [0.4, 0.5) is 10.5 Å². The number of amides is 2. The summed E-state index contributed by atoms with van der Waals surface area (Å²) >= 11 is 0. The Hall–Kier alpha value is -5.89. The molecule has 280 valence electrons. The second-order valence-electron chi connectivity index (χ2n) is 12.8. The molecule has 2 aliphatic rings. The Bertz CT molecular complexity index is 1650. The number of nitrogens with two attached hydrogens (primary N) is 1. The fourth-order valence-electron chi connectivity index (χ4n) is 5.71. The number of aliphatic carboxylic acids is 2. The highest BCUT2D eigenvalue weighted by molar-refractivity contribution is 5.92. The third-order valence-electron chi connectivity index (χ3n) is 8.10. The number of rotatable bonds is 11. The average molecular weight is 727 g/mol. The van der Waals surface area contributed by atoms with Crippen molar-refractivity contribution in [3.63, 3.8) is 0 Å². The molecule has 17 heteroatoms. The summed E-state index contributed by atoms with van der Waals surface area (Å²) in [6.07, 6.45) is -2.45. The SMILES string of the molecule is NC(=O)c1ccc(OC2CN[C@H](C(=O)O)[C@H]2CC(=O)O)cc1.[C-]#[N+]c1ccc(OC2CN(C(=O)OC(C)(C)C)[C@H](C(=O)OC)[C@H]2CC(=O)OC)cc1. The molecule has 0 saturated carbocycles. The highest BCUT2D eigenvalue weighted by Gasteiger charge is 2.52. The van der Waals surface area contributed by atoms with Crippen molar-refractivity contribution in [3.8, 4) is 11.5 Å². The number of carbonyl (C=O) groups excluding carboxylic acids is 4. The summed E-state index contributed by atoms with van der Waals surface area (Å²) in [6, 6.07) is 10.4. The molecule has 52 heavy (non-hydrogen) atoms. The number of carbonyl (C=O) groups is 6. The number of ether oxygens (including phenoxy) is 5. The quantitative estimate of drug-likeness (QED) is 0.148. The van der Waals surface area contributed by atoms with Crippen molar-refractivity contribution in [2.75, 3.05) is 27.3 Å². The van der Waals surface area contributed by atoms with E-state index in [1.165, 1.54) is 43.4 Å². The van der Waals surface area contributed by atoms with Gasteiger partial charge in [-0.15, -0.1) is 0 Å². The number of hydrogen-bond donors (Lipinski definition) is 4. The zero-order valence-electron chi connectivity index (χ0n) is 29.3. The van der Waals surface area contributed by atoms with E-state index in [9.17, 15) is 28.8 Å². The van der Waals surface area contributed by atoms with Crippen molar-refractivity contribution in [2.45, 2.75) is 63.5 Å². The average Bonchev–Trinajstić information content (AvgIpc) is 3.64. The lowest BCUT2D eigenvalue weighted by atomic mass is 9.94. The molecule has 2 amide bonds. The van der Waals surface area contributed by atoms with Crippen LogP contribution in [0.5, 0.6) is 11.5 Å². The minimum absolute atomic E-state index is 0.0148. The molecule has 2 aromatic carbocycles. The van der Waals surface area contributed by atoms with Gasteiger partial charge in [0.05, 0.1) is 40.2 Å². The molecule has 2 heterocycles. The molecule has 2 saturated heterocycles. The number of carboxylic acids is 2. The molecule has 0 aromatic heterocycles. The topological polar surface area (TPSA) is 235 Å². The van der Waals surface area contributed by atoms with Crippen molar-refractivity contribution in [2.24, 2.45) is 17.6 Å². The first-order valence-electron chi connectivity index (χ1n) is 16.0. The molecule has 5 N–H and O–H groups in total. The van der Waals surface area contributed by atoms with Crippen LogP contribution in [-0.2, 0) is 33.4 Å². The van der Waals surface area contributed by atoms with E-state index < -0.39 is 77.6 Å². The van der Waals surface area contributed by atoms with Crippen LogP contribution < -0.4 is 20.5 Å². The van der Waals surface area contributed by atoms with Gasteiger partial charge in [0.25, 0.3) is 0 Å². The van der Waals surface area contributed by atoms with Crippen LogP contribution in [0.15, 0.2) is 48.5 Å². The summed E-state index contributed by atoms with van der Waals surface area (Å²) in [4.78, 5) is 74.9. The van der Waals surface area contributed by atoms with E-state index in [2.05, 4.69) is 10.2 Å². The fraction of sp³-hybridized carbons (Fsp3) is 0.457. The number of esters is 2. The monoisotopic (exact) mass is 726 g/mol. The van der Waals surface area contributed by atoms with Gasteiger partial charge >= 0.3 is 30.0 Å². The Morgan fingerprint density at radius 3 is 1.94 bits per heavy atom. The molecule has 0 bridgehead atoms. The number of nitrogens with one attached hydrogen (secondary N) is 1. The molecule has 0 aliphatic carbocycles. The largest absolute Gasteiger partial charge is 0.489 e. The lowest BCUT2D eigenvalue weighted by molar-refractivity contribution is -0.149. The second-order valence-corrected chi connectivity index (χ2v) is 12.8. The molecule has 0 spiro atoms. The van der Waals surface area contributed by atoms with E-state index in [4.69, 9.17) is 46.2 Å². The van der Waals surface area contributed by atoms with Crippen LogP contribution >= 0.6 is 0 Å². The van der Waals surface area contributed by atoms with E-state index in [1.54, 1.807) is 45.0 Å². The first-order valence-corrected chi connectivity index (χ1v) is 16.0. The van der Waals surface area contributed by atoms with Crippen LogP contribution in [0, 0.1) is 18.4 Å². The number of carboxylic acid groups (broad SMARTS) is 2. The molecule has 2 fully saturated rings. The smallest absolute Gasteiger partial charge is 0.411 e. The van der Waals surface area contributed by atoms with Gasteiger partial charge in [-0.2, -0.15) is 0 Å². The number of hydrogen-bond acceptors (Lipinski definition) is 12. The van der Waals surface area contributed by atoms with E-state index in [-0.39, 0.29) is 25.9 Å². The number of methoxy groups -OCH3 is 2. The van der Waals surface area contributed by atoms with Gasteiger partial charge in [0.1, 0.15) is 41.4 Å². The van der Waals surface area contributed by atoms with Crippen LogP contribution in [0.25, 0.3) is 4.85 Å². The minimum Gasteiger partial charge on any atom is -0.489 e. The van der Waals surface area contributed by atoms with E-state index in [0.29, 0.717) is 22.7 Å². The van der Waals surface area contributed by atoms with Gasteiger partial charge in [-0.1, -0.05) is 12.1 Å². The van der Waals surface area contributed by atoms with Gasteiger partial charge in [0.2, 0.25) is 5.91 Å². The number of benzene rings is 2. The maximum absolute atomic E-state index is 12.8. The van der Waals surface area contributed by atoms with Crippen LogP contribution in [0.2, 0.25) is 0 Å². The van der Waals surface area contributed by atoms with Crippen molar-refractivity contribution in [1.82, 2.24) is 10.2 Å².